The number of aliphatic imine (C=N–C) groups is 1. The van der Waals surface area contributed by atoms with Gasteiger partial charge in [-0.3, -0.25) is 9.79 Å². The number of rotatable bonds is 7. The van der Waals surface area contributed by atoms with Crippen LogP contribution in [0.25, 0.3) is 0 Å². The van der Waals surface area contributed by atoms with Crippen LogP contribution >= 0.6 is 0 Å². The summed E-state index contributed by atoms with van der Waals surface area (Å²) in [6.45, 7) is 3.34. The lowest BCUT2D eigenvalue weighted by Crippen LogP contribution is -2.35. The Morgan fingerprint density at radius 2 is 1.94 bits per heavy atom. The summed E-state index contributed by atoms with van der Waals surface area (Å²) in [6, 6.07) is 4.79. The van der Waals surface area contributed by atoms with Crippen molar-refractivity contribution in [1.82, 2.24) is 15.6 Å². The van der Waals surface area contributed by atoms with E-state index in [2.05, 4.69) is 25.9 Å². The number of benzene rings is 1. The van der Waals surface area contributed by atoms with Crippen LogP contribution in [0.5, 0.6) is 0 Å². The molecule has 0 unspecified atom stereocenters. The lowest BCUT2D eigenvalue weighted by Gasteiger charge is -2.24. The Morgan fingerprint density at radius 3 is 2.59 bits per heavy atom. The van der Waals surface area contributed by atoms with Gasteiger partial charge in [0.15, 0.2) is 0 Å². The van der Waals surface area contributed by atoms with Crippen molar-refractivity contribution in [3.63, 3.8) is 0 Å². The Hall–Kier alpha value is -3.14. The number of carbonyl (C=O) groups excluding carboxylic acids is 1. The number of nitrogens with zero attached hydrogens (tertiary/aromatic N) is 2. The van der Waals surface area contributed by atoms with E-state index < -0.39 is 29.8 Å². The van der Waals surface area contributed by atoms with Gasteiger partial charge in [-0.25, -0.2) is 18.2 Å². The molecule has 10 heteroatoms. The molecule has 2 aromatic rings. The van der Waals surface area contributed by atoms with Gasteiger partial charge in [-0.1, -0.05) is 18.2 Å². The molecule has 3 rings (SSSR count). The van der Waals surface area contributed by atoms with E-state index in [9.17, 15) is 18.0 Å². The molecule has 1 aromatic heterocycles. The van der Waals surface area contributed by atoms with Crippen LogP contribution in [0.15, 0.2) is 35.5 Å². The third kappa shape index (κ3) is 5.37. The van der Waals surface area contributed by atoms with Crippen molar-refractivity contribution in [3.05, 3.63) is 58.5 Å². The molecule has 1 amide bonds. The van der Waals surface area contributed by atoms with Crippen LogP contribution in [-0.4, -0.2) is 42.9 Å². The first-order chi connectivity index (χ1) is 15.3. The molecule has 1 fully saturated rings. The quantitative estimate of drug-likeness (QED) is 0.385. The topological polar surface area (TPSA) is 104 Å². The maximum absolute atomic E-state index is 14.5. The third-order valence-corrected chi connectivity index (χ3v) is 5.42. The fourth-order valence-corrected chi connectivity index (χ4v) is 3.64. The predicted octanol–water partition coefficient (Wildman–Crippen LogP) is 3.15. The zero-order valence-corrected chi connectivity index (χ0v) is 18.0. The predicted molar refractivity (Wildman–Crippen MR) is 118 cm³/mol. The Bertz CT molecular complexity index is 992. The number of amides is 1. The maximum Gasteiger partial charge on any atom is 0.266 e. The van der Waals surface area contributed by atoms with Gasteiger partial charge in [0.25, 0.3) is 12.3 Å². The van der Waals surface area contributed by atoms with Crippen molar-refractivity contribution in [1.29, 1.82) is 0 Å². The molecule has 5 N–H and O–H groups in total. The molecular formula is C22H27F3N6O. The molecular weight excluding hydrogens is 421 g/mol. The van der Waals surface area contributed by atoms with E-state index in [4.69, 9.17) is 5.73 Å². The van der Waals surface area contributed by atoms with Crippen molar-refractivity contribution in [2.24, 2.45) is 10.7 Å². The van der Waals surface area contributed by atoms with Gasteiger partial charge in [-0.05, 0) is 38.9 Å². The first-order valence-corrected chi connectivity index (χ1v) is 10.4. The molecule has 32 heavy (non-hydrogen) atoms. The van der Waals surface area contributed by atoms with Gasteiger partial charge < -0.3 is 21.7 Å². The fourth-order valence-electron chi connectivity index (χ4n) is 3.64. The number of nitrogens with two attached hydrogens (primary N) is 1. The summed E-state index contributed by atoms with van der Waals surface area (Å²) in [4.78, 5) is 21.0. The summed E-state index contributed by atoms with van der Waals surface area (Å²) in [5, 5.41) is 9.15. The molecule has 1 aliphatic heterocycles. The number of nitrogens with one attached hydrogen (secondary N) is 3. The van der Waals surface area contributed by atoms with Crippen molar-refractivity contribution < 1.29 is 18.0 Å². The van der Waals surface area contributed by atoms with Gasteiger partial charge in [-0.15, -0.1) is 0 Å². The van der Waals surface area contributed by atoms with E-state index in [1.54, 1.807) is 13.0 Å². The molecule has 1 saturated heterocycles. The molecule has 2 heterocycles. The normalized spacial score (nSPS) is 16.1. The van der Waals surface area contributed by atoms with Gasteiger partial charge >= 0.3 is 0 Å². The molecule has 0 spiro atoms. The molecule has 0 bridgehead atoms. The molecule has 1 aliphatic rings. The summed E-state index contributed by atoms with van der Waals surface area (Å²) in [7, 11) is 1.48. The minimum absolute atomic E-state index is 0.00523. The second-order valence-electron chi connectivity index (χ2n) is 7.60. The number of hydrogen-bond acceptors (Lipinski definition) is 5. The number of pyridine rings is 1. The largest absolute Gasteiger partial charge is 0.383 e. The number of aromatic nitrogens is 1. The highest BCUT2D eigenvalue weighted by Crippen LogP contribution is 2.29. The van der Waals surface area contributed by atoms with Gasteiger partial charge in [0, 0.05) is 30.4 Å². The number of hydrogen-bond donors (Lipinski definition) is 4. The maximum atomic E-state index is 14.5. The van der Waals surface area contributed by atoms with E-state index in [1.165, 1.54) is 25.4 Å². The lowest BCUT2D eigenvalue weighted by molar-refractivity contribution is 0.0962. The Balaban J connectivity index is 1.94. The highest BCUT2D eigenvalue weighted by molar-refractivity contribution is 6.09. The van der Waals surface area contributed by atoms with Crippen molar-refractivity contribution in [3.8, 4) is 0 Å². The van der Waals surface area contributed by atoms with Gasteiger partial charge in [-0.2, -0.15) is 0 Å². The highest BCUT2D eigenvalue weighted by atomic mass is 19.3. The summed E-state index contributed by atoms with van der Waals surface area (Å²) >= 11 is 0. The van der Waals surface area contributed by atoms with Crippen molar-refractivity contribution in [2.45, 2.75) is 38.3 Å². The van der Waals surface area contributed by atoms with Crippen LogP contribution in [0, 0.1) is 5.82 Å². The van der Waals surface area contributed by atoms with Gasteiger partial charge in [0.2, 0.25) is 0 Å². The third-order valence-electron chi connectivity index (χ3n) is 5.42. The summed E-state index contributed by atoms with van der Waals surface area (Å²) in [5.41, 5.74) is 6.05. The van der Waals surface area contributed by atoms with E-state index in [-0.39, 0.29) is 23.0 Å². The molecule has 0 radical (unpaired) electrons. The molecule has 7 nitrogen and oxygen atoms in total. The molecule has 0 saturated carbocycles. The average molecular weight is 448 g/mol. The van der Waals surface area contributed by atoms with Crippen LogP contribution < -0.4 is 21.7 Å². The van der Waals surface area contributed by atoms with Gasteiger partial charge in [0.1, 0.15) is 17.5 Å². The van der Waals surface area contributed by atoms with Crippen molar-refractivity contribution in [2.75, 3.05) is 25.5 Å². The first kappa shape index (κ1) is 23.5. The Kier molecular flexibility index (Phi) is 7.68. The van der Waals surface area contributed by atoms with Crippen LogP contribution in [0.1, 0.15) is 59.3 Å². The minimum Gasteiger partial charge on any atom is -0.383 e. The Labute approximate surface area is 184 Å². The Morgan fingerprint density at radius 1 is 1.25 bits per heavy atom. The smallest absolute Gasteiger partial charge is 0.266 e. The highest BCUT2D eigenvalue weighted by Gasteiger charge is 2.21. The SMILES string of the molecule is CNC(=O)c1cnc(NC2CCNCC2)cc1C(N)=N[C@H](C)c1cccc(C(F)F)c1F. The number of alkyl halides is 2. The summed E-state index contributed by atoms with van der Waals surface area (Å²) < 4.78 is 40.6. The second-order valence-corrected chi connectivity index (χ2v) is 7.60. The second kappa shape index (κ2) is 10.4. The molecule has 0 aliphatic carbocycles. The minimum atomic E-state index is -2.94. The molecule has 1 atom stereocenters. The van der Waals surface area contributed by atoms with Crippen molar-refractivity contribution >= 4 is 17.6 Å². The number of amidine groups is 1. The monoisotopic (exact) mass is 448 g/mol. The fraction of sp³-hybridized carbons (Fsp3) is 0.409. The number of halogens is 3. The van der Waals surface area contributed by atoms with Gasteiger partial charge in [0.05, 0.1) is 17.2 Å². The number of piperidine rings is 1. The summed E-state index contributed by atoms with van der Waals surface area (Å²) in [6.07, 6.45) is 0.318. The van der Waals surface area contributed by atoms with E-state index >= 15 is 0 Å². The first-order valence-electron chi connectivity index (χ1n) is 10.4. The zero-order chi connectivity index (χ0) is 23.3. The van der Waals surface area contributed by atoms with Crippen LogP contribution in [0.4, 0.5) is 19.0 Å². The number of anilines is 1. The van der Waals surface area contributed by atoms with Crippen LogP contribution in [0.3, 0.4) is 0 Å². The van der Waals surface area contributed by atoms with E-state index in [0.29, 0.717) is 11.4 Å². The van der Waals surface area contributed by atoms with Crippen LogP contribution in [0.2, 0.25) is 0 Å². The number of carbonyl (C=O) groups is 1. The van der Waals surface area contributed by atoms with Crippen LogP contribution in [-0.2, 0) is 0 Å². The van der Waals surface area contributed by atoms with E-state index in [1.807, 2.05) is 0 Å². The summed E-state index contributed by atoms with van der Waals surface area (Å²) in [5.74, 6) is -0.899. The zero-order valence-electron chi connectivity index (χ0n) is 18.0. The van der Waals surface area contributed by atoms with E-state index in [0.717, 1.165) is 32.0 Å². The standard InChI is InChI=1S/C22H27F3N6O/c1-12(14-4-3-5-15(19(14)23)20(24)25)30-21(26)16-10-18(29-11-17(16)22(32)27-2)31-13-6-8-28-9-7-13/h3-5,10-13,20,28H,6-9H2,1-2H3,(H2,26,30)(H,27,32)(H,29,31)/t12-/m1/s1. The lowest BCUT2D eigenvalue weighted by atomic mass is 10.0. The average Bonchev–Trinajstić information content (AvgIpc) is 2.79. The molecule has 1 aromatic carbocycles. The molecule has 172 valence electrons.